The van der Waals surface area contributed by atoms with Crippen LogP contribution in [0.3, 0.4) is 0 Å². The van der Waals surface area contributed by atoms with Gasteiger partial charge in [-0.3, -0.25) is 9.59 Å². The number of carbonyl (C=O) groups excluding carboxylic acids is 1. The molecule has 0 spiro atoms. The third-order valence-corrected chi connectivity index (χ3v) is 6.61. The largest absolute Gasteiger partial charge is 0.484 e. The lowest BCUT2D eigenvalue weighted by Gasteiger charge is -2.35. The highest BCUT2D eigenvalue weighted by atomic mass is 32.1. The van der Waals surface area contributed by atoms with Gasteiger partial charge in [-0.15, -0.1) is 0 Å². The minimum Gasteiger partial charge on any atom is -0.484 e. The number of piperazine rings is 1. The van der Waals surface area contributed by atoms with E-state index in [9.17, 15) is 9.59 Å². The van der Waals surface area contributed by atoms with Gasteiger partial charge in [-0.1, -0.05) is 59.9 Å². The van der Waals surface area contributed by atoms with E-state index >= 15 is 0 Å². The lowest BCUT2D eigenvalue weighted by atomic mass is 10.2. The van der Waals surface area contributed by atoms with E-state index in [1.807, 2.05) is 66.4 Å². The first-order valence-corrected chi connectivity index (χ1v) is 11.6. The number of nitrogens with zero attached hydrogens (tertiary/aromatic N) is 5. The minimum absolute atomic E-state index is 0.0134. The Balaban J connectivity index is 1.25. The maximum Gasteiger partial charge on any atom is 0.277 e. The molecule has 1 amide bonds. The van der Waals surface area contributed by atoms with Crippen LogP contribution >= 0.6 is 11.3 Å². The number of amides is 1. The molecule has 0 radical (unpaired) electrons. The van der Waals surface area contributed by atoms with Gasteiger partial charge in [0, 0.05) is 37.8 Å². The van der Waals surface area contributed by atoms with Crippen LogP contribution in [0.25, 0.3) is 15.5 Å². The zero-order valence-electron chi connectivity index (χ0n) is 18.2. The Morgan fingerprint density at radius 3 is 2.52 bits per heavy atom. The highest BCUT2D eigenvalue weighted by molar-refractivity contribution is 7.19. The molecule has 168 valence electrons. The third kappa shape index (κ3) is 4.45. The number of para-hydroxylation sites is 1. The van der Waals surface area contributed by atoms with Gasteiger partial charge in [0.15, 0.2) is 6.61 Å². The summed E-state index contributed by atoms with van der Waals surface area (Å²) < 4.78 is 7.05. The second-order valence-electron chi connectivity index (χ2n) is 7.84. The first-order valence-electron chi connectivity index (χ1n) is 10.8. The van der Waals surface area contributed by atoms with Gasteiger partial charge >= 0.3 is 0 Å². The summed E-state index contributed by atoms with van der Waals surface area (Å²) in [5.74, 6) is 1.30. The van der Waals surface area contributed by atoms with Crippen molar-refractivity contribution in [3.63, 3.8) is 0 Å². The van der Waals surface area contributed by atoms with E-state index in [0.29, 0.717) is 37.0 Å². The fraction of sp³-hybridized carbons (Fsp3) is 0.250. The minimum atomic E-state index is -0.210. The van der Waals surface area contributed by atoms with Crippen molar-refractivity contribution < 1.29 is 9.53 Å². The van der Waals surface area contributed by atoms with E-state index in [2.05, 4.69) is 10.1 Å². The highest BCUT2D eigenvalue weighted by Crippen LogP contribution is 2.25. The number of anilines is 1. The lowest BCUT2D eigenvalue weighted by molar-refractivity contribution is -0.133. The summed E-state index contributed by atoms with van der Waals surface area (Å²) in [6.07, 6.45) is 0. The third-order valence-electron chi connectivity index (χ3n) is 5.65. The summed E-state index contributed by atoms with van der Waals surface area (Å²) in [6.45, 7) is 4.27. The van der Waals surface area contributed by atoms with Crippen molar-refractivity contribution >= 4 is 28.0 Å². The standard InChI is InChI=1S/C24H23N5O3S/c1-17-7-5-6-10-19(17)32-16-22(31)28-13-11-27(12-14-28)20-15-21(30)29-24(25-20)33-23(26-29)18-8-3-2-4-9-18/h2-10,15H,11-14,16H2,1H3. The van der Waals surface area contributed by atoms with Crippen molar-refractivity contribution in [3.8, 4) is 16.3 Å². The second kappa shape index (κ2) is 9.03. The van der Waals surface area contributed by atoms with Crippen LogP contribution in [0.15, 0.2) is 65.5 Å². The van der Waals surface area contributed by atoms with Crippen LogP contribution in [0.2, 0.25) is 0 Å². The number of benzene rings is 2. The number of ether oxygens (including phenoxy) is 1. The molecule has 1 saturated heterocycles. The summed E-state index contributed by atoms with van der Waals surface area (Å²) >= 11 is 1.39. The molecule has 0 atom stereocenters. The Morgan fingerprint density at radius 2 is 1.76 bits per heavy atom. The van der Waals surface area contributed by atoms with Crippen molar-refractivity contribution in [2.45, 2.75) is 6.92 Å². The van der Waals surface area contributed by atoms with Crippen LogP contribution in [-0.2, 0) is 4.79 Å². The van der Waals surface area contributed by atoms with Gasteiger partial charge in [0.1, 0.15) is 16.6 Å². The van der Waals surface area contributed by atoms with Gasteiger partial charge in [0.25, 0.3) is 11.5 Å². The van der Waals surface area contributed by atoms with E-state index in [1.54, 1.807) is 4.90 Å². The van der Waals surface area contributed by atoms with Gasteiger partial charge in [-0.2, -0.15) is 9.61 Å². The molecule has 3 heterocycles. The zero-order chi connectivity index (χ0) is 22.8. The first kappa shape index (κ1) is 21.1. The Morgan fingerprint density at radius 1 is 1.03 bits per heavy atom. The summed E-state index contributed by atoms with van der Waals surface area (Å²) in [5, 5.41) is 5.18. The molecule has 0 N–H and O–H groups in total. The smallest absolute Gasteiger partial charge is 0.277 e. The summed E-state index contributed by atoms with van der Waals surface area (Å²) in [6, 6.07) is 18.9. The maximum absolute atomic E-state index is 12.7. The lowest BCUT2D eigenvalue weighted by Crippen LogP contribution is -2.50. The molecule has 1 aliphatic heterocycles. The van der Waals surface area contributed by atoms with Gasteiger partial charge in [0.2, 0.25) is 4.96 Å². The van der Waals surface area contributed by atoms with Crippen LogP contribution in [0.4, 0.5) is 5.82 Å². The average molecular weight is 462 g/mol. The van der Waals surface area contributed by atoms with Gasteiger partial charge in [-0.05, 0) is 18.6 Å². The predicted molar refractivity (Wildman–Crippen MR) is 128 cm³/mol. The van der Waals surface area contributed by atoms with Gasteiger partial charge in [0.05, 0.1) is 0 Å². The molecule has 8 nitrogen and oxygen atoms in total. The second-order valence-corrected chi connectivity index (χ2v) is 8.80. The molecule has 1 fully saturated rings. The van der Waals surface area contributed by atoms with Crippen molar-refractivity contribution in [2.24, 2.45) is 0 Å². The zero-order valence-corrected chi connectivity index (χ0v) is 19.0. The topological polar surface area (TPSA) is 80.0 Å². The summed E-state index contributed by atoms with van der Waals surface area (Å²) in [5.41, 5.74) is 1.74. The molecular weight excluding hydrogens is 438 g/mol. The van der Waals surface area contributed by atoms with Crippen LogP contribution in [0.5, 0.6) is 5.75 Å². The molecule has 9 heteroatoms. The van der Waals surface area contributed by atoms with Crippen molar-refractivity contribution in [1.29, 1.82) is 0 Å². The van der Waals surface area contributed by atoms with Crippen LogP contribution in [0, 0.1) is 6.92 Å². The molecular formula is C24H23N5O3S. The number of carbonyl (C=O) groups is 1. The molecule has 0 bridgehead atoms. The number of rotatable bonds is 5. The highest BCUT2D eigenvalue weighted by Gasteiger charge is 2.23. The number of fused-ring (bicyclic) bond motifs is 1. The molecule has 5 rings (SSSR count). The summed E-state index contributed by atoms with van der Waals surface area (Å²) in [4.78, 5) is 34.3. The molecule has 0 saturated carbocycles. The number of hydrogen-bond acceptors (Lipinski definition) is 7. The SMILES string of the molecule is Cc1ccccc1OCC(=O)N1CCN(c2cc(=O)n3nc(-c4ccccc4)sc3n2)CC1. The Hall–Kier alpha value is -3.72. The van der Waals surface area contributed by atoms with E-state index in [1.165, 1.54) is 21.9 Å². The fourth-order valence-electron chi connectivity index (χ4n) is 3.79. The van der Waals surface area contributed by atoms with E-state index in [4.69, 9.17) is 4.74 Å². The van der Waals surface area contributed by atoms with E-state index in [-0.39, 0.29) is 18.1 Å². The molecule has 2 aromatic carbocycles. The van der Waals surface area contributed by atoms with Crippen LogP contribution < -0.4 is 15.2 Å². The predicted octanol–water partition coefficient (Wildman–Crippen LogP) is 2.85. The van der Waals surface area contributed by atoms with Crippen molar-refractivity contribution in [3.05, 3.63) is 76.6 Å². The first-order chi connectivity index (χ1) is 16.1. The number of hydrogen-bond donors (Lipinski definition) is 0. The quantitative estimate of drug-likeness (QED) is 0.455. The van der Waals surface area contributed by atoms with E-state index in [0.717, 1.165) is 21.9 Å². The van der Waals surface area contributed by atoms with Crippen molar-refractivity contribution in [2.75, 3.05) is 37.7 Å². The fourth-order valence-corrected chi connectivity index (χ4v) is 4.70. The van der Waals surface area contributed by atoms with Gasteiger partial charge in [-0.25, -0.2) is 4.98 Å². The van der Waals surface area contributed by atoms with Crippen LogP contribution in [-0.4, -0.2) is 58.2 Å². The number of aryl methyl sites for hydroxylation is 1. The Kier molecular flexibility index (Phi) is 5.78. The molecule has 1 aliphatic rings. The molecule has 0 aliphatic carbocycles. The Labute approximate surface area is 194 Å². The molecule has 4 aromatic rings. The molecule has 0 unspecified atom stereocenters. The summed E-state index contributed by atoms with van der Waals surface area (Å²) in [7, 11) is 0. The van der Waals surface area contributed by atoms with Gasteiger partial charge < -0.3 is 14.5 Å². The van der Waals surface area contributed by atoms with Crippen molar-refractivity contribution in [1.82, 2.24) is 19.5 Å². The molecule has 2 aromatic heterocycles. The normalized spacial score (nSPS) is 14.0. The van der Waals surface area contributed by atoms with Crippen LogP contribution in [0.1, 0.15) is 5.56 Å². The Bertz CT molecular complexity index is 1340. The monoisotopic (exact) mass is 461 g/mol. The molecule has 33 heavy (non-hydrogen) atoms. The maximum atomic E-state index is 12.7. The average Bonchev–Trinajstić information content (AvgIpc) is 3.29. The van der Waals surface area contributed by atoms with E-state index < -0.39 is 0 Å². The number of aromatic nitrogens is 3.